The highest BCUT2D eigenvalue weighted by atomic mass is 16.5. The zero-order valence-electron chi connectivity index (χ0n) is 16.0. The number of nitrogens with zero attached hydrogens (tertiary/aromatic N) is 1. The van der Waals surface area contributed by atoms with Gasteiger partial charge in [0.2, 0.25) is 11.8 Å². The van der Waals surface area contributed by atoms with Crippen molar-refractivity contribution < 1.29 is 24.2 Å². The van der Waals surface area contributed by atoms with E-state index in [1.807, 2.05) is 0 Å². The van der Waals surface area contributed by atoms with Crippen LogP contribution in [-0.4, -0.2) is 40.2 Å². The molecule has 1 aromatic heterocycles. The number of hydrogen-bond acceptors (Lipinski definition) is 5. The summed E-state index contributed by atoms with van der Waals surface area (Å²) >= 11 is 0. The fraction of sp³-hybridized carbons (Fsp3) is 0.368. The average Bonchev–Trinajstić information content (AvgIpc) is 3.09. The number of anilines is 2. The lowest BCUT2D eigenvalue weighted by Crippen LogP contribution is -2.28. The SMILES string of the molecule is COc1cc2c(cc1NC(=O)C(C)(C)C)C(c1cn[nH]c1C(=O)O)CC(=O)N2. The van der Waals surface area contributed by atoms with E-state index in [-0.39, 0.29) is 23.9 Å². The molecule has 2 amide bonds. The second-order valence-corrected chi connectivity index (χ2v) is 7.65. The standard InChI is InChI=1S/C19H22N4O5/c1-19(2,3)18(27)22-13-5-10-9(11-8-20-23-16(11)17(25)26)6-15(24)21-12(10)7-14(13)28-4/h5,7-9H,6H2,1-4H3,(H,20,23)(H,21,24)(H,22,27)(H,25,26). The number of carboxylic acids is 1. The largest absolute Gasteiger partial charge is 0.494 e. The highest BCUT2D eigenvalue weighted by Gasteiger charge is 2.32. The van der Waals surface area contributed by atoms with Crippen molar-refractivity contribution in [2.45, 2.75) is 33.1 Å². The van der Waals surface area contributed by atoms with E-state index in [1.54, 1.807) is 32.9 Å². The Morgan fingerprint density at radius 1 is 1.29 bits per heavy atom. The van der Waals surface area contributed by atoms with Crippen molar-refractivity contribution >= 4 is 29.2 Å². The zero-order valence-corrected chi connectivity index (χ0v) is 16.0. The molecule has 28 heavy (non-hydrogen) atoms. The van der Waals surface area contributed by atoms with Crippen LogP contribution in [0.3, 0.4) is 0 Å². The maximum atomic E-state index is 12.4. The van der Waals surface area contributed by atoms with Gasteiger partial charge in [-0.05, 0) is 11.6 Å². The summed E-state index contributed by atoms with van der Waals surface area (Å²) < 4.78 is 5.37. The van der Waals surface area contributed by atoms with Gasteiger partial charge in [-0.25, -0.2) is 4.79 Å². The van der Waals surface area contributed by atoms with Crippen LogP contribution in [0.4, 0.5) is 11.4 Å². The molecule has 1 aromatic carbocycles. The van der Waals surface area contributed by atoms with Gasteiger partial charge in [0, 0.05) is 35.1 Å². The minimum absolute atomic E-state index is 0.0613. The van der Waals surface area contributed by atoms with Crippen LogP contribution in [0.15, 0.2) is 18.3 Å². The minimum Gasteiger partial charge on any atom is -0.494 e. The maximum absolute atomic E-state index is 12.4. The molecule has 0 fully saturated rings. The van der Waals surface area contributed by atoms with Crippen molar-refractivity contribution in [1.82, 2.24) is 10.2 Å². The van der Waals surface area contributed by atoms with Crippen LogP contribution in [0.2, 0.25) is 0 Å². The monoisotopic (exact) mass is 386 g/mol. The molecule has 2 aromatic rings. The van der Waals surface area contributed by atoms with Crippen LogP contribution < -0.4 is 15.4 Å². The summed E-state index contributed by atoms with van der Waals surface area (Å²) in [5.74, 6) is -1.73. The molecule has 1 unspecified atom stereocenters. The molecule has 3 rings (SSSR count). The molecular weight excluding hydrogens is 364 g/mol. The Hall–Kier alpha value is -3.36. The third-order valence-corrected chi connectivity index (χ3v) is 4.60. The Bertz CT molecular complexity index is 958. The molecule has 0 aliphatic carbocycles. The number of methoxy groups -OCH3 is 1. The predicted molar refractivity (Wildman–Crippen MR) is 102 cm³/mol. The first kappa shape index (κ1) is 19.4. The highest BCUT2D eigenvalue weighted by Crippen LogP contribution is 2.43. The number of benzene rings is 1. The quantitative estimate of drug-likeness (QED) is 0.638. The maximum Gasteiger partial charge on any atom is 0.354 e. The van der Waals surface area contributed by atoms with Crippen molar-refractivity contribution in [2.75, 3.05) is 17.7 Å². The molecule has 148 valence electrons. The van der Waals surface area contributed by atoms with Crippen molar-refractivity contribution in [1.29, 1.82) is 0 Å². The van der Waals surface area contributed by atoms with Gasteiger partial charge in [-0.3, -0.25) is 14.7 Å². The predicted octanol–water partition coefficient (Wildman–Crippen LogP) is 2.58. The number of H-pyrrole nitrogens is 1. The number of amides is 2. The van der Waals surface area contributed by atoms with Gasteiger partial charge < -0.3 is 20.5 Å². The van der Waals surface area contributed by atoms with Crippen molar-refractivity contribution in [2.24, 2.45) is 5.41 Å². The summed E-state index contributed by atoms with van der Waals surface area (Å²) in [6.07, 6.45) is 1.47. The highest BCUT2D eigenvalue weighted by molar-refractivity contribution is 6.00. The van der Waals surface area contributed by atoms with E-state index in [0.29, 0.717) is 28.3 Å². The second kappa shape index (κ2) is 6.99. The summed E-state index contributed by atoms with van der Waals surface area (Å²) in [6.45, 7) is 5.38. The number of carboxylic acid groups (broad SMARTS) is 1. The van der Waals surface area contributed by atoms with Crippen LogP contribution in [0, 0.1) is 5.41 Å². The number of fused-ring (bicyclic) bond motifs is 1. The number of ether oxygens (including phenoxy) is 1. The zero-order chi connectivity index (χ0) is 20.6. The molecule has 0 spiro atoms. The van der Waals surface area contributed by atoms with E-state index in [2.05, 4.69) is 20.8 Å². The van der Waals surface area contributed by atoms with Gasteiger partial charge in [-0.15, -0.1) is 0 Å². The van der Waals surface area contributed by atoms with Crippen LogP contribution in [-0.2, 0) is 9.59 Å². The minimum atomic E-state index is -1.16. The Morgan fingerprint density at radius 2 is 2.00 bits per heavy atom. The van der Waals surface area contributed by atoms with E-state index in [1.165, 1.54) is 13.3 Å². The van der Waals surface area contributed by atoms with Gasteiger partial charge in [0.1, 0.15) is 11.4 Å². The van der Waals surface area contributed by atoms with Gasteiger partial charge in [-0.1, -0.05) is 20.8 Å². The Labute approximate surface area is 161 Å². The van der Waals surface area contributed by atoms with Crippen molar-refractivity contribution in [3.8, 4) is 5.75 Å². The molecule has 4 N–H and O–H groups in total. The van der Waals surface area contributed by atoms with Gasteiger partial charge in [0.05, 0.1) is 19.0 Å². The van der Waals surface area contributed by atoms with Crippen LogP contribution in [0.5, 0.6) is 5.75 Å². The molecule has 0 saturated carbocycles. The molecule has 2 heterocycles. The number of aromatic nitrogens is 2. The lowest BCUT2D eigenvalue weighted by molar-refractivity contribution is -0.123. The lowest BCUT2D eigenvalue weighted by atomic mass is 9.84. The lowest BCUT2D eigenvalue weighted by Gasteiger charge is -2.27. The molecule has 9 nitrogen and oxygen atoms in total. The number of rotatable bonds is 4. The molecule has 1 atom stereocenters. The number of carbonyl (C=O) groups is 3. The molecule has 0 saturated heterocycles. The van der Waals surface area contributed by atoms with Crippen molar-refractivity contribution in [3.63, 3.8) is 0 Å². The number of aromatic carboxylic acids is 1. The second-order valence-electron chi connectivity index (χ2n) is 7.65. The Balaban J connectivity index is 2.11. The molecule has 1 aliphatic heterocycles. The molecular formula is C19H22N4O5. The summed E-state index contributed by atoms with van der Waals surface area (Å²) in [6, 6.07) is 3.33. The smallest absolute Gasteiger partial charge is 0.354 e. The van der Waals surface area contributed by atoms with Gasteiger partial charge >= 0.3 is 5.97 Å². The topological polar surface area (TPSA) is 133 Å². The molecule has 0 radical (unpaired) electrons. The average molecular weight is 386 g/mol. The first-order valence-corrected chi connectivity index (χ1v) is 8.71. The number of nitrogens with one attached hydrogen (secondary N) is 3. The summed E-state index contributed by atoms with van der Waals surface area (Å²) in [5, 5.41) is 21.3. The van der Waals surface area contributed by atoms with Crippen LogP contribution in [0.1, 0.15) is 54.7 Å². The third-order valence-electron chi connectivity index (χ3n) is 4.60. The summed E-state index contributed by atoms with van der Waals surface area (Å²) in [4.78, 5) is 36.1. The van der Waals surface area contributed by atoms with E-state index >= 15 is 0 Å². The molecule has 1 aliphatic rings. The van der Waals surface area contributed by atoms with Gasteiger partial charge in [0.15, 0.2) is 0 Å². The Morgan fingerprint density at radius 3 is 2.61 bits per heavy atom. The fourth-order valence-corrected chi connectivity index (χ4v) is 3.07. The number of hydrogen-bond donors (Lipinski definition) is 4. The summed E-state index contributed by atoms with van der Waals surface area (Å²) in [7, 11) is 1.47. The Kier molecular flexibility index (Phi) is 4.84. The summed E-state index contributed by atoms with van der Waals surface area (Å²) in [5.41, 5.74) is 1.35. The number of aromatic amines is 1. The normalized spacial score (nSPS) is 16.1. The van der Waals surface area contributed by atoms with E-state index in [9.17, 15) is 19.5 Å². The molecule has 0 bridgehead atoms. The van der Waals surface area contributed by atoms with Gasteiger partial charge in [0.25, 0.3) is 0 Å². The first-order valence-electron chi connectivity index (χ1n) is 8.71. The number of carbonyl (C=O) groups excluding carboxylic acids is 2. The van der Waals surface area contributed by atoms with Crippen molar-refractivity contribution in [3.05, 3.63) is 35.2 Å². The first-order chi connectivity index (χ1) is 13.1. The fourth-order valence-electron chi connectivity index (χ4n) is 3.07. The van der Waals surface area contributed by atoms with E-state index in [4.69, 9.17) is 4.74 Å². The van der Waals surface area contributed by atoms with E-state index in [0.717, 1.165) is 0 Å². The van der Waals surface area contributed by atoms with Gasteiger partial charge in [-0.2, -0.15) is 5.10 Å². The van der Waals surface area contributed by atoms with Crippen LogP contribution in [0.25, 0.3) is 0 Å². The third kappa shape index (κ3) is 3.55. The van der Waals surface area contributed by atoms with E-state index < -0.39 is 17.3 Å². The molecule has 9 heteroatoms. The van der Waals surface area contributed by atoms with Crippen LogP contribution >= 0.6 is 0 Å².